The van der Waals surface area contributed by atoms with E-state index in [0.29, 0.717) is 0 Å². The van der Waals surface area contributed by atoms with Gasteiger partial charge in [-0.1, -0.05) is 96.8 Å². The summed E-state index contributed by atoms with van der Waals surface area (Å²) in [4.78, 5) is 0. The number of halogens is 2. The molecule has 0 aliphatic rings. The summed E-state index contributed by atoms with van der Waals surface area (Å²) in [5.41, 5.74) is 0. The van der Waals surface area contributed by atoms with Gasteiger partial charge in [0, 0.05) is 6.61 Å². The molecule has 0 saturated heterocycles. The van der Waals surface area contributed by atoms with Gasteiger partial charge in [-0.3, -0.25) is 0 Å². The van der Waals surface area contributed by atoms with Crippen molar-refractivity contribution in [3.8, 4) is 0 Å². The van der Waals surface area contributed by atoms with Gasteiger partial charge in [0.2, 0.25) is 8.32 Å². The second-order valence-electron chi connectivity index (χ2n) is 7.70. The molecule has 0 radical (unpaired) electrons. The van der Waals surface area contributed by atoms with Crippen molar-refractivity contribution in [2.75, 3.05) is 6.61 Å². The number of alkyl halides is 2. The van der Waals surface area contributed by atoms with Crippen LogP contribution in [-0.4, -0.2) is 19.4 Å². The highest BCUT2D eigenvalue weighted by molar-refractivity contribution is 6.87. The highest BCUT2D eigenvalue weighted by Crippen LogP contribution is 2.20. The van der Waals surface area contributed by atoms with Crippen LogP contribution in [-0.2, 0) is 4.43 Å². The van der Waals surface area contributed by atoms with Gasteiger partial charge >= 0.3 is 0 Å². The van der Waals surface area contributed by atoms with Gasteiger partial charge in [-0.2, -0.15) is 0 Å². The highest BCUT2D eigenvalue weighted by atomic mass is 35.5. The Bertz CT molecular complexity index is 260. The molecule has 0 aliphatic heterocycles. The fourth-order valence-electron chi connectivity index (χ4n) is 2.87. The Morgan fingerprint density at radius 1 is 0.625 bits per heavy atom. The molecule has 0 aromatic rings. The van der Waals surface area contributed by atoms with Crippen molar-refractivity contribution in [2.24, 2.45) is 0 Å². The molecule has 0 fully saturated rings. The summed E-state index contributed by atoms with van der Waals surface area (Å²) in [5, 5.41) is 0. The van der Waals surface area contributed by atoms with E-state index in [-0.39, 0.29) is 4.46 Å². The minimum absolute atomic E-state index is 0.325. The van der Waals surface area contributed by atoms with Crippen molar-refractivity contribution in [3.05, 3.63) is 0 Å². The van der Waals surface area contributed by atoms with E-state index in [1.165, 1.54) is 89.9 Å². The normalized spacial score (nSPS) is 12.2. The molecule has 1 nitrogen and oxygen atoms in total. The third-order valence-electron chi connectivity index (χ3n) is 4.75. The first kappa shape index (κ1) is 24.8. The minimum Gasteiger partial charge on any atom is -0.415 e. The molecule has 0 rings (SSSR count). The topological polar surface area (TPSA) is 9.23 Å². The molecule has 0 bridgehead atoms. The summed E-state index contributed by atoms with van der Waals surface area (Å²) >= 11 is 11.9. The molecule has 0 aromatic heterocycles. The van der Waals surface area contributed by atoms with Crippen molar-refractivity contribution in [1.82, 2.24) is 0 Å². The third kappa shape index (κ3) is 16.2. The van der Waals surface area contributed by atoms with Gasteiger partial charge in [-0.15, -0.1) is 23.2 Å². The van der Waals surface area contributed by atoms with E-state index in [9.17, 15) is 0 Å². The predicted molar refractivity (Wildman–Crippen MR) is 114 cm³/mol. The minimum atomic E-state index is -1.86. The first-order chi connectivity index (χ1) is 11.5. The lowest BCUT2D eigenvalue weighted by Crippen LogP contribution is -2.38. The van der Waals surface area contributed by atoms with Crippen LogP contribution in [0.4, 0.5) is 0 Å². The smallest absolute Gasteiger partial charge is 0.220 e. The van der Waals surface area contributed by atoms with Crippen LogP contribution < -0.4 is 0 Å². The van der Waals surface area contributed by atoms with E-state index in [2.05, 4.69) is 20.0 Å². The summed E-state index contributed by atoms with van der Waals surface area (Å²) < 4.78 is 5.55. The fraction of sp³-hybridized carbons (Fsp3) is 1.00. The summed E-state index contributed by atoms with van der Waals surface area (Å²) in [5.74, 6) is 0. The Kier molecular flexibility index (Phi) is 17.7. The Balaban J connectivity index is 3.13. The largest absolute Gasteiger partial charge is 0.415 e. The molecule has 0 aromatic carbocycles. The van der Waals surface area contributed by atoms with E-state index >= 15 is 0 Å². The number of unbranched alkanes of at least 4 members (excludes halogenated alkanes) is 14. The lowest BCUT2D eigenvalue weighted by molar-refractivity contribution is 0.296. The molecule has 24 heavy (non-hydrogen) atoms. The van der Waals surface area contributed by atoms with Crippen molar-refractivity contribution in [3.63, 3.8) is 0 Å². The van der Waals surface area contributed by atoms with Crippen LogP contribution in [0.1, 0.15) is 103 Å². The van der Waals surface area contributed by atoms with Gasteiger partial charge in [-0.25, -0.2) is 0 Å². The molecule has 146 valence electrons. The summed E-state index contributed by atoms with van der Waals surface area (Å²) in [7, 11) is -1.86. The van der Waals surface area contributed by atoms with Gasteiger partial charge < -0.3 is 4.43 Å². The standard InChI is InChI=1S/C20H42Cl2OSi/c1-4-5-6-7-8-9-10-11-12-13-14-15-16-17-18-19-23-24(2,3)20(21)22/h20H,4-19H2,1-3H3. The molecular formula is C20H42Cl2OSi. The van der Waals surface area contributed by atoms with Gasteiger partial charge in [0.05, 0.1) is 0 Å². The van der Waals surface area contributed by atoms with Crippen LogP contribution in [0.5, 0.6) is 0 Å². The van der Waals surface area contributed by atoms with Gasteiger partial charge in [-0.05, 0) is 19.5 Å². The molecule has 0 atom stereocenters. The second kappa shape index (κ2) is 17.2. The molecule has 0 heterocycles. The van der Waals surface area contributed by atoms with Crippen molar-refractivity contribution in [1.29, 1.82) is 0 Å². The van der Waals surface area contributed by atoms with E-state index < -0.39 is 8.32 Å². The van der Waals surface area contributed by atoms with Crippen molar-refractivity contribution < 1.29 is 4.43 Å². The number of hydrogen-bond donors (Lipinski definition) is 0. The second-order valence-corrected chi connectivity index (χ2v) is 13.6. The quantitative estimate of drug-likeness (QED) is 0.128. The van der Waals surface area contributed by atoms with Crippen LogP contribution in [0.15, 0.2) is 0 Å². The molecule has 0 spiro atoms. The van der Waals surface area contributed by atoms with Crippen LogP contribution in [0.25, 0.3) is 0 Å². The molecule has 0 aliphatic carbocycles. The zero-order valence-electron chi connectivity index (χ0n) is 16.6. The number of hydrogen-bond acceptors (Lipinski definition) is 1. The van der Waals surface area contributed by atoms with E-state index in [1.807, 2.05) is 0 Å². The van der Waals surface area contributed by atoms with Crippen LogP contribution >= 0.6 is 23.2 Å². The summed E-state index contributed by atoms with van der Waals surface area (Å²) in [6.45, 7) is 7.28. The van der Waals surface area contributed by atoms with E-state index in [4.69, 9.17) is 27.6 Å². The lowest BCUT2D eigenvalue weighted by atomic mass is 10.0. The third-order valence-corrected chi connectivity index (χ3v) is 9.90. The lowest BCUT2D eigenvalue weighted by Gasteiger charge is -2.23. The maximum atomic E-state index is 5.94. The molecule has 0 N–H and O–H groups in total. The monoisotopic (exact) mass is 396 g/mol. The SMILES string of the molecule is CCCCCCCCCCCCCCCCCO[Si](C)(C)C(Cl)Cl. The zero-order chi connectivity index (χ0) is 18.1. The molecular weight excluding hydrogens is 355 g/mol. The number of rotatable bonds is 18. The van der Waals surface area contributed by atoms with Gasteiger partial charge in [0.25, 0.3) is 0 Å². The summed E-state index contributed by atoms with van der Waals surface area (Å²) in [6, 6.07) is 0. The Hall–Kier alpha value is 0.757. The molecule has 0 saturated carbocycles. The molecule has 0 amide bonds. The van der Waals surface area contributed by atoms with E-state index in [1.54, 1.807) is 0 Å². The fourth-order valence-corrected chi connectivity index (χ4v) is 4.05. The van der Waals surface area contributed by atoms with Crippen LogP contribution in [0.3, 0.4) is 0 Å². The van der Waals surface area contributed by atoms with Crippen molar-refractivity contribution >= 4 is 31.5 Å². The first-order valence-corrected chi connectivity index (χ1v) is 14.3. The Morgan fingerprint density at radius 2 is 0.958 bits per heavy atom. The summed E-state index contributed by atoms with van der Waals surface area (Å²) in [6.07, 6.45) is 20.9. The predicted octanol–water partition coefficient (Wildman–Crippen LogP) is 8.42. The van der Waals surface area contributed by atoms with Gasteiger partial charge in [0.1, 0.15) is 4.46 Å². The average Bonchev–Trinajstić information content (AvgIpc) is 2.54. The first-order valence-electron chi connectivity index (χ1n) is 10.4. The molecule has 4 heteroatoms. The maximum absolute atomic E-state index is 5.94. The van der Waals surface area contributed by atoms with Gasteiger partial charge in [0.15, 0.2) is 0 Å². The maximum Gasteiger partial charge on any atom is 0.220 e. The Morgan fingerprint density at radius 3 is 1.29 bits per heavy atom. The van der Waals surface area contributed by atoms with E-state index in [0.717, 1.165) is 13.0 Å². The van der Waals surface area contributed by atoms with Crippen LogP contribution in [0.2, 0.25) is 13.1 Å². The van der Waals surface area contributed by atoms with Crippen LogP contribution in [0, 0.1) is 0 Å². The Labute approximate surface area is 163 Å². The molecule has 0 unspecified atom stereocenters. The average molecular weight is 398 g/mol. The zero-order valence-corrected chi connectivity index (χ0v) is 19.1. The van der Waals surface area contributed by atoms with Crippen molar-refractivity contribution in [2.45, 2.75) is 121 Å². The highest BCUT2D eigenvalue weighted by Gasteiger charge is 2.30.